The van der Waals surface area contributed by atoms with Gasteiger partial charge in [-0.15, -0.1) is 0 Å². The lowest BCUT2D eigenvalue weighted by atomic mass is 10.1. The number of nitrogens with two attached hydrogens (primary N) is 1. The Hall–Kier alpha value is -4.46. The Bertz CT molecular complexity index is 1430. The predicted octanol–water partition coefficient (Wildman–Crippen LogP) is 4.24. The first-order valence-corrected chi connectivity index (χ1v) is 11.5. The van der Waals surface area contributed by atoms with Crippen molar-refractivity contribution in [3.05, 3.63) is 72.1 Å². The topological polar surface area (TPSA) is 95.7 Å². The summed E-state index contributed by atoms with van der Waals surface area (Å²) in [6, 6.07) is 15.4. The van der Waals surface area contributed by atoms with Crippen LogP contribution < -0.4 is 20.4 Å². The van der Waals surface area contributed by atoms with E-state index in [-0.39, 0.29) is 0 Å². The van der Waals surface area contributed by atoms with E-state index in [0.717, 1.165) is 50.6 Å². The second kappa shape index (κ2) is 9.65. The number of carbonyl (C=O) groups excluding carboxylic acids is 2. The number of hydrogen-bond donors (Lipinski definition) is 1. The van der Waals surface area contributed by atoms with Gasteiger partial charge in [-0.05, 0) is 62.4 Å². The van der Waals surface area contributed by atoms with E-state index in [2.05, 4.69) is 9.97 Å². The molecule has 0 unspecified atom stereocenters. The summed E-state index contributed by atoms with van der Waals surface area (Å²) in [5.41, 5.74) is 12.0. The molecule has 184 valence electrons. The fourth-order valence-electron chi connectivity index (χ4n) is 4.30. The van der Waals surface area contributed by atoms with Crippen molar-refractivity contribution in [2.45, 2.75) is 13.8 Å². The zero-order valence-corrected chi connectivity index (χ0v) is 21.4. The van der Waals surface area contributed by atoms with Crippen molar-refractivity contribution in [1.29, 1.82) is 0 Å². The van der Waals surface area contributed by atoms with E-state index < -0.39 is 11.8 Å². The van der Waals surface area contributed by atoms with Gasteiger partial charge in [-0.3, -0.25) is 24.5 Å². The molecule has 8 nitrogen and oxygen atoms in total. The van der Waals surface area contributed by atoms with Crippen molar-refractivity contribution in [2.75, 3.05) is 42.9 Å². The fourth-order valence-corrected chi connectivity index (χ4v) is 4.30. The summed E-state index contributed by atoms with van der Waals surface area (Å²) in [7, 11) is 7.89. The van der Waals surface area contributed by atoms with Gasteiger partial charge in [0.15, 0.2) is 0 Å². The number of pyridine rings is 2. The van der Waals surface area contributed by atoms with Gasteiger partial charge in [0.25, 0.3) is 5.91 Å². The highest BCUT2D eigenvalue weighted by molar-refractivity contribution is 6.11. The van der Waals surface area contributed by atoms with Crippen molar-refractivity contribution < 1.29 is 9.59 Å². The minimum absolute atomic E-state index is 0.398. The number of benzene rings is 2. The molecule has 0 bridgehead atoms. The zero-order chi connectivity index (χ0) is 26.1. The molecule has 0 spiro atoms. The van der Waals surface area contributed by atoms with E-state index in [0.29, 0.717) is 11.4 Å². The number of hydrogen-bond acceptors (Lipinski definition) is 6. The van der Waals surface area contributed by atoms with E-state index in [9.17, 15) is 9.59 Å². The molecule has 2 aromatic heterocycles. The van der Waals surface area contributed by atoms with Crippen LogP contribution in [-0.2, 0) is 9.59 Å². The van der Waals surface area contributed by atoms with Gasteiger partial charge >= 0.3 is 0 Å². The Morgan fingerprint density at radius 2 is 1.17 bits per heavy atom. The van der Waals surface area contributed by atoms with Gasteiger partial charge in [0, 0.05) is 73.9 Å². The lowest BCUT2D eigenvalue weighted by Gasteiger charge is -2.24. The largest absolute Gasteiger partial charge is 0.377 e. The number of carbonyl (C=O) groups is 2. The summed E-state index contributed by atoms with van der Waals surface area (Å²) in [5, 5.41) is 1.82. The van der Waals surface area contributed by atoms with Gasteiger partial charge in [0.2, 0.25) is 5.91 Å². The van der Waals surface area contributed by atoms with Crippen LogP contribution in [-0.4, -0.2) is 50.0 Å². The molecule has 8 heteroatoms. The average Bonchev–Trinajstić information content (AvgIpc) is 2.81. The number of aryl methyl sites for hydroxylation is 2. The summed E-state index contributed by atoms with van der Waals surface area (Å²) >= 11 is 0. The molecule has 4 aromatic rings. The molecular formula is C28H30N6O2. The van der Waals surface area contributed by atoms with Gasteiger partial charge in [0.1, 0.15) is 0 Å². The van der Waals surface area contributed by atoms with E-state index in [1.54, 1.807) is 4.90 Å². The Morgan fingerprint density at radius 1 is 0.722 bits per heavy atom. The molecular weight excluding hydrogens is 452 g/mol. The van der Waals surface area contributed by atoms with Crippen LogP contribution >= 0.6 is 0 Å². The van der Waals surface area contributed by atoms with Crippen molar-refractivity contribution in [1.82, 2.24) is 9.97 Å². The number of primary amides is 1. The third-order valence-corrected chi connectivity index (χ3v) is 5.89. The number of rotatable bonds is 6. The zero-order valence-electron chi connectivity index (χ0n) is 21.4. The molecule has 0 aliphatic heterocycles. The predicted molar refractivity (Wildman–Crippen MR) is 147 cm³/mol. The summed E-state index contributed by atoms with van der Waals surface area (Å²) in [5.74, 6) is -1.09. The summed E-state index contributed by atoms with van der Waals surface area (Å²) < 4.78 is 0. The quantitative estimate of drug-likeness (QED) is 0.413. The van der Waals surface area contributed by atoms with Gasteiger partial charge in [-0.2, -0.15) is 0 Å². The van der Waals surface area contributed by atoms with Gasteiger partial charge < -0.3 is 15.5 Å². The van der Waals surface area contributed by atoms with Crippen LogP contribution in [0.2, 0.25) is 0 Å². The molecule has 4 rings (SSSR count). The first-order chi connectivity index (χ1) is 17.0. The fraction of sp³-hybridized carbons (Fsp3) is 0.214. The highest BCUT2D eigenvalue weighted by atomic mass is 16.2. The molecule has 36 heavy (non-hydrogen) atoms. The molecule has 0 atom stereocenters. The Morgan fingerprint density at radius 3 is 1.56 bits per heavy atom. The summed E-state index contributed by atoms with van der Waals surface area (Å²) in [6.07, 6.45) is 2.26. The van der Waals surface area contributed by atoms with Crippen molar-refractivity contribution >= 4 is 56.4 Å². The van der Waals surface area contributed by atoms with Crippen LogP contribution in [0, 0.1) is 13.8 Å². The van der Waals surface area contributed by atoms with Crippen molar-refractivity contribution in [2.24, 2.45) is 5.73 Å². The number of anilines is 4. The van der Waals surface area contributed by atoms with Crippen molar-refractivity contribution in [3.63, 3.8) is 0 Å². The first kappa shape index (κ1) is 24.7. The van der Waals surface area contributed by atoms with Crippen LogP contribution in [0.15, 0.2) is 60.7 Å². The minimum Gasteiger partial charge on any atom is -0.377 e. The monoisotopic (exact) mass is 482 g/mol. The number of aromatic nitrogens is 2. The van der Waals surface area contributed by atoms with Crippen molar-refractivity contribution in [3.8, 4) is 0 Å². The van der Waals surface area contributed by atoms with Crippen LogP contribution in [0.3, 0.4) is 0 Å². The lowest BCUT2D eigenvalue weighted by molar-refractivity contribution is -0.115. The van der Waals surface area contributed by atoms with E-state index >= 15 is 0 Å². The maximum absolute atomic E-state index is 13.4. The standard InChI is InChI=1S/C28H30N6O2/c1-17-13-25(32(3)4)21-15-19(7-9-23(21)30-17)34(28(36)12-11-27(29)35)20-8-10-24-22(16-20)26(33(5)6)14-18(2)31-24/h7-16H,1-6H3,(H2,29,35). The normalized spacial score (nSPS) is 11.3. The van der Waals surface area contributed by atoms with Gasteiger partial charge in [-0.25, -0.2) is 0 Å². The van der Waals surface area contributed by atoms with Gasteiger partial charge in [-0.1, -0.05) is 0 Å². The third-order valence-electron chi connectivity index (χ3n) is 5.89. The Kier molecular flexibility index (Phi) is 6.61. The van der Waals surface area contributed by atoms with Crippen LogP contribution in [0.5, 0.6) is 0 Å². The third kappa shape index (κ3) is 4.84. The molecule has 2 amide bonds. The summed E-state index contributed by atoms with van der Waals surface area (Å²) in [4.78, 5) is 39.8. The van der Waals surface area contributed by atoms with Crippen LogP contribution in [0.1, 0.15) is 11.4 Å². The SMILES string of the molecule is Cc1cc(N(C)C)c2cc(N(C(=O)C=CC(N)=O)c3ccc4nc(C)cc(N(C)C)c4c3)ccc2n1. The number of fused-ring (bicyclic) bond motifs is 2. The molecule has 0 saturated heterocycles. The molecule has 0 saturated carbocycles. The molecule has 0 aliphatic carbocycles. The number of amides is 2. The Labute approximate surface area is 210 Å². The molecule has 2 N–H and O–H groups in total. The number of nitrogens with zero attached hydrogens (tertiary/aromatic N) is 5. The summed E-state index contributed by atoms with van der Waals surface area (Å²) in [6.45, 7) is 3.91. The minimum atomic E-state index is -0.690. The maximum Gasteiger partial charge on any atom is 0.255 e. The lowest BCUT2D eigenvalue weighted by Crippen LogP contribution is -2.24. The second-order valence-electron chi connectivity index (χ2n) is 9.17. The van der Waals surface area contributed by atoms with Crippen LogP contribution in [0.25, 0.3) is 21.8 Å². The molecule has 0 aliphatic rings. The molecule has 0 radical (unpaired) electrons. The van der Waals surface area contributed by atoms with E-state index in [4.69, 9.17) is 5.73 Å². The first-order valence-electron chi connectivity index (χ1n) is 11.5. The second-order valence-corrected chi connectivity index (χ2v) is 9.17. The smallest absolute Gasteiger partial charge is 0.255 e. The van der Waals surface area contributed by atoms with E-state index in [1.807, 2.05) is 100 Å². The maximum atomic E-state index is 13.4. The molecule has 2 aromatic carbocycles. The van der Waals surface area contributed by atoms with E-state index in [1.165, 1.54) is 6.08 Å². The van der Waals surface area contributed by atoms with Gasteiger partial charge in [0.05, 0.1) is 22.4 Å². The Balaban J connectivity index is 1.96. The molecule has 0 fully saturated rings. The molecule has 2 heterocycles. The highest BCUT2D eigenvalue weighted by Gasteiger charge is 2.20. The van der Waals surface area contributed by atoms with Crippen LogP contribution in [0.4, 0.5) is 22.7 Å². The highest BCUT2D eigenvalue weighted by Crippen LogP contribution is 2.35. The average molecular weight is 483 g/mol.